The molecule has 1 N–H and O–H groups in total. The summed E-state index contributed by atoms with van der Waals surface area (Å²) in [6.07, 6.45) is 4.62. The predicted molar refractivity (Wildman–Crippen MR) is 90.6 cm³/mol. The molecule has 0 bridgehead atoms. The molecule has 5 heteroatoms. The number of hydrogen-bond acceptors (Lipinski definition) is 4. The molecule has 4 rings (SSSR count). The molecule has 0 unspecified atom stereocenters. The second-order valence-corrected chi connectivity index (χ2v) is 6.01. The molecule has 1 fully saturated rings. The van der Waals surface area contributed by atoms with Crippen LogP contribution in [0.5, 0.6) is 0 Å². The second kappa shape index (κ2) is 5.35. The van der Waals surface area contributed by atoms with Crippen LogP contribution in [0, 0.1) is 0 Å². The highest BCUT2D eigenvalue weighted by Crippen LogP contribution is 2.40. The zero-order valence-corrected chi connectivity index (χ0v) is 13.4. The Labute approximate surface area is 135 Å². The van der Waals surface area contributed by atoms with E-state index >= 15 is 0 Å². The van der Waals surface area contributed by atoms with Crippen molar-refractivity contribution >= 4 is 16.9 Å². The number of methoxy groups -OCH3 is 1. The third kappa shape index (κ3) is 2.11. The van der Waals surface area contributed by atoms with Gasteiger partial charge < -0.3 is 14.6 Å². The van der Waals surface area contributed by atoms with Gasteiger partial charge in [0.25, 0.3) is 0 Å². The van der Waals surface area contributed by atoms with E-state index < -0.39 is 0 Å². The highest BCUT2D eigenvalue weighted by Gasteiger charge is 2.46. The van der Waals surface area contributed by atoms with Gasteiger partial charge in [-0.25, -0.2) is 9.97 Å². The van der Waals surface area contributed by atoms with E-state index in [1.165, 1.54) is 11.1 Å². The topological polar surface area (TPSA) is 54.0 Å². The molecule has 5 nitrogen and oxygen atoms in total. The first-order valence-corrected chi connectivity index (χ1v) is 7.94. The first-order chi connectivity index (χ1) is 11.3. The maximum atomic E-state index is 5.87. The van der Waals surface area contributed by atoms with Crippen LogP contribution in [-0.4, -0.2) is 35.2 Å². The van der Waals surface area contributed by atoms with Crippen LogP contribution in [0.1, 0.15) is 18.1 Å². The van der Waals surface area contributed by atoms with Gasteiger partial charge in [0.2, 0.25) is 0 Å². The Hall–Kier alpha value is -2.40. The number of aromatic nitrogens is 3. The van der Waals surface area contributed by atoms with E-state index in [9.17, 15) is 0 Å². The van der Waals surface area contributed by atoms with Crippen molar-refractivity contribution in [3.8, 4) is 0 Å². The van der Waals surface area contributed by atoms with Gasteiger partial charge in [0, 0.05) is 13.3 Å². The number of rotatable bonds is 4. The summed E-state index contributed by atoms with van der Waals surface area (Å²) >= 11 is 0. The summed E-state index contributed by atoms with van der Waals surface area (Å²) in [5.74, 6) is 0.997. The number of aryl methyl sites for hydroxylation is 1. The average molecular weight is 308 g/mol. The van der Waals surface area contributed by atoms with Crippen molar-refractivity contribution < 1.29 is 4.74 Å². The van der Waals surface area contributed by atoms with Crippen LogP contribution in [0.25, 0.3) is 11.0 Å². The Bertz CT molecular complexity index is 821. The van der Waals surface area contributed by atoms with Crippen molar-refractivity contribution in [2.24, 2.45) is 0 Å². The van der Waals surface area contributed by atoms with Crippen LogP contribution >= 0.6 is 0 Å². The lowest BCUT2D eigenvalue weighted by Gasteiger charge is -2.50. The first kappa shape index (κ1) is 14.2. The van der Waals surface area contributed by atoms with Gasteiger partial charge in [0.1, 0.15) is 23.4 Å². The number of aromatic amines is 1. The minimum atomic E-state index is -0.249. The Kier molecular flexibility index (Phi) is 3.31. The minimum absolute atomic E-state index is 0.249. The van der Waals surface area contributed by atoms with Crippen LogP contribution < -0.4 is 4.90 Å². The molecule has 1 saturated heterocycles. The fourth-order valence-corrected chi connectivity index (χ4v) is 3.42. The average Bonchev–Trinajstić information content (AvgIpc) is 2.99. The number of anilines is 1. The van der Waals surface area contributed by atoms with E-state index in [2.05, 4.69) is 51.0 Å². The molecule has 0 radical (unpaired) electrons. The molecule has 2 aromatic heterocycles. The number of fused-ring (bicyclic) bond motifs is 1. The van der Waals surface area contributed by atoms with Gasteiger partial charge in [0.05, 0.1) is 18.5 Å². The SMILES string of the molecule is CCc1c[nH]c2ncnc(N3CC(OC)(c4ccccc4)C3)c12. The molecule has 118 valence electrons. The third-order valence-electron chi connectivity index (χ3n) is 4.80. The summed E-state index contributed by atoms with van der Waals surface area (Å²) in [5, 5.41) is 1.13. The van der Waals surface area contributed by atoms with Crippen molar-refractivity contribution in [1.82, 2.24) is 15.0 Å². The van der Waals surface area contributed by atoms with Gasteiger partial charge in [-0.1, -0.05) is 37.3 Å². The van der Waals surface area contributed by atoms with Gasteiger partial charge in [-0.05, 0) is 17.5 Å². The van der Waals surface area contributed by atoms with Crippen LogP contribution in [0.3, 0.4) is 0 Å². The highest BCUT2D eigenvalue weighted by atomic mass is 16.5. The molecule has 1 aliphatic heterocycles. The fraction of sp³-hybridized carbons (Fsp3) is 0.333. The monoisotopic (exact) mass is 308 g/mol. The molecular formula is C18H20N4O. The van der Waals surface area contributed by atoms with Crippen LogP contribution in [0.15, 0.2) is 42.9 Å². The Morgan fingerprint density at radius 1 is 1.22 bits per heavy atom. The lowest BCUT2D eigenvalue weighted by Crippen LogP contribution is -2.61. The largest absolute Gasteiger partial charge is 0.370 e. The van der Waals surface area contributed by atoms with Gasteiger partial charge in [-0.3, -0.25) is 0 Å². The second-order valence-electron chi connectivity index (χ2n) is 6.01. The first-order valence-electron chi connectivity index (χ1n) is 7.94. The quantitative estimate of drug-likeness (QED) is 0.805. The lowest BCUT2D eigenvalue weighted by molar-refractivity contribution is -0.0384. The van der Waals surface area contributed by atoms with E-state index in [-0.39, 0.29) is 5.60 Å². The van der Waals surface area contributed by atoms with Gasteiger partial charge in [-0.2, -0.15) is 0 Å². The zero-order chi connectivity index (χ0) is 15.9. The van der Waals surface area contributed by atoms with Crippen molar-refractivity contribution in [3.63, 3.8) is 0 Å². The van der Waals surface area contributed by atoms with E-state index in [4.69, 9.17) is 4.74 Å². The van der Waals surface area contributed by atoms with Gasteiger partial charge >= 0.3 is 0 Å². The lowest BCUT2D eigenvalue weighted by atomic mass is 9.85. The van der Waals surface area contributed by atoms with Gasteiger partial charge in [-0.15, -0.1) is 0 Å². The summed E-state index contributed by atoms with van der Waals surface area (Å²) in [6.45, 7) is 3.75. The van der Waals surface area contributed by atoms with E-state index in [1.54, 1.807) is 13.4 Å². The zero-order valence-electron chi connectivity index (χ0n) is 13.4. The van der Waals surface area contributed by atoms with Crippen LogP contribution in [-0.2, 0) is 16.8 Å². The summed E-state index contributed by atoms with van der Waals surface area (Å²) < 4.78 is 5.87. The number of nitrogens with one attached hydrogen (secondary N) is 1. The van der Waals surface area contributed by atoms with Crippen molar-refractivity contribution in [2.75, 3.05) is 25.1 Å². The molecular weight excluding hydrogens is 288 g/mol. The van der Waals surface area contributed by atoms with E-state index in [0.717, 1.165) is 36.4 Å². The van der Waals surface area contributed by atoms with Crippen LogP contribution in [0.4, 0.5) is 5.82 Å². The molecule has 1 aliphatic rings. The normalized spacial score (nSPS) is 16.5. The van der Waals surface area contributed by atoms with Crippen LogP contribution in [0.2, 0.25) is 0 Å². The molecule has 23 heavy (non-hydrogen) atoms. The van der Waals surface area contributed by atoms with Crippen molar-refractivity contribution in [2.45, 2.75) is 18.9 Å². The molecule has 0 atom stereocenters. The number of benzene rings is 1. The molecule has 0 amide bonds. The molecule has 3 aromatic rings. The van der Waals surface area contributed by atoms with Crippen molar-refractivity contribution in [1.29, 1.82) is 0 Å². The molecule has 0 aliphatic carbocycles. The Morgan fingerprint density at radius 3 is 2.70 bits per heavy atom. The summed E-state index contributed by atoms with van der Waals surface area (Å²) in [7, 11) is 1.79. The number of hydrogen-bond donors (Lipinski definition) is 1. The fourth-order valence-electron chi connectivity index (χ4n) is 3.42. The summed E-state index contributed by atoms with van der Waals surface area (Å²) in [6, 6.07) is 10.4. The molecule has 0 saturated carbocycles. The van der Waals surface area contributed by atoms with E-state index in [0.29, 0.717) is 0 Å². The number of H-pyrrole nitrogens is 1. The van der Waals surface area contributed by atoms with E-state index in [1.807, 2.05) is 12.3 Å². The summed E-state index contributed by atoms with van der Waals surface area (Å²) in [4.78, 5) is 14.4. The minimum Gasteiger partial charge on any atom is -0.370 e. The van der Waals surface area contributed by atoms with Crippen molar-refractivity contribution in [3.05, 3.63) is 54.0 Å². The Morgan fingerprint density at radius 2 is 2.00 bits per heavy atom. The third-order valence-corrected chi connectivity index (χ3v) is 4.80. The molecule has 1 aromatic carbocycles. The predicted octanol–water partition coefficient (Wildman–Crippen LogP) is 2.88. The smallest absolute Gasteiger partial charge is 0.143 e. The number of ether oxygens (including phenoxy) is 1. The Balaban J connectivity index is 1.69. The standard InChI is InChI=1S/C18H20N4O/c1-3-13-9-19-16-15(13)17(21-12-20-16)22-10-18(11-22,23-2)14-7-5-4-6-8-14/h4-9,12H,3,10-11H2,1-2H3,(H,19,20,21). The maximum Gasteiger partial charge on any atom is 0.143 e. The number of nitrogens with zero attached hydrogens (tertiary/aromatic N) is 3. The highest BCUT2D eigenvalue weighted by molar-refractivity contribution is 5.91. The maximum absolute atomic E-state index is 5.87. The molecule has 0 spiro atoms. The molecule has 3 heterocycles. The summed E-state index contributed by atoms with van der Waals surface area (Å²) in [5.41, 5.74) is 3.13. The van der Waals surface area contributed by atoms with Gasteiger partial charge in [0.15, 0.2) is 0 Å².